The summed E-state index contributed by atoms with van der Waals surface area (Å²) in [5, 5.41) is 13.2. The van der Waals surface area contributed by atoms with Crippen molar-refractivity contribution in [3.8, 4) is 17.0 Å². The van der Waals surface area contributed by atoms with Gasteiger partial charge in [0.25, 0.3) is 0 Å². The number of aliphatic carboxylic acids is 1. The monoisotopic (exact) mass is 260 g/mol. The van der Waals surface area contributed by atoms with Crippen LogP contribution in [-0.4, -0.2) is 28.0 Å². The number of aromatic nitrogens is 2. The molecule has 5 nitrogen and oxygen atoms in total. The van der Waals surface area contributed by atoms with Crippen molar-refractivity contribution in [1.82, 2.24) is 9.78 Å². The molecular weight excluding hydrogens is 244 g/mol. The van der Waals surface area contributed by atoms with Crippen LogP contribution < -0.4 is 4.74 Å². The summed E-state index contributed by atoms with van der Waals surface area (Å²) in [5.41, 5.74) is 3.35. The van der Waals surface area contributed by atoms with Gasteiger partial charge in [0, 0.05) is 18.3 Å². The van der Waals surface area contributed by atoms with Crippen molar-refractivity contribution >= 4 is 5.97 Å². The van der Waals surface area contributed by atoms with Gasteiger partial charge in [-0.05, 0) is 25.1 Å². The van der Waals surface area contributed by atoms with E-state index in [1.165, 1.54) is 0 Å². The average molecular weight is 260 g/mol. The van der Waals surface area contributed by atoms with E-state index >= 15 is 0 Å². The van der Waals surface area contributed by atoms with E-state index in [1.54, 1.807) is 24.9 Å². The molecule has 0 amide bonds. The molecule has 0 radical (unpaired) electrons. The first-order valence-corrected chi connectivity index (χ1v) is 5.91. The van der Waals surface area contributed by atoms with Crippen LogP contribution in [0.2, 0.25) is 0 Å². The third kappa shape index (κ3) is 2.76. The Balaban J connectivity index is 2.47. The van der Waals surface area contributed by atoms with Crippen LogP contribution in [0.1, 0.15) is 11.3 Å². The molecule has 2 aromatic rings. The molecule has 0 fully saturated rings. The maximum atomic E-state index is 10.8. The van der Waals surface area contributed by atoms with Gasteiger partial charge >= 0.3 is 5.97 Å². The van der Waals surface area contributed by atoms with E-state index in [4.69, 9.17) is 9.84 Å². The van der Waals surface area contributed by atoms with Gasteiger partial charge in [0.2, 0.25) is 0 Å². The SMILES string of the molecule is COc1ccc(C)cc1-c1cc(CC(=O)O)n(C)n1. The topological polar surface area (TPSA) is 64.3 Å². The fourth-order valence-corrected chi connectivity index (χ4v) is 1.98. The van der Waals surface area contributed by atoms with E-state index < -0.39 is 5.97 Å². The smallest absolute Gasteiger partial charge is 0.309 e. The highest BCUT2D eigenvalue weighted by Gasteiger charge is 2.13. The summed E-state index contributed by atoms with van der Waals surface area (Å²) in [7, 11) is 3.35. The summed E-state index contributed by atoms with van der Waals surface area (Å²) in [6, 6.07) is 7.61. The Morgan fingerprint density at radius 3 is 2.79 bits per heavy atom. The molecule has 0 saturated heterocycles. The Labute approximate surface area is 111 Å². The van der Waals surface area contributed by atoms with Gasteiger partial charge in [0.05, 0.1) is 19.2 Å². The Bertz CT molecular complexity index is 617. The molecular formula is C14H16N2O3. The summed E-state index contributed by atoms with van der Waals surface area (Å²) in [6.07, 6.45) is -0.0440. The molecule has 0 aliphatic carbocycles. The number of aryl methyl sites for hydroxylation is 2. The molecule has 0 aliphatic heterocycles. The average Bonchev–Trinajstić information content (AvgIpc) is 2.70. The maximum absolute atomic E-state index is 10.8. The summed E-state index contributed by atoms with van der Waals surface area (Å²) >= 11 is 0. The van der Waals surface area contributed by atoms with Crippen LogP contribution in [0.5, 0.6) is 5.75 Å². The van der Waals surface area contributed by atoms with Crippen molar-refractivity contribution in [3.05, 3.63) is 35.5 Å². The molecule has 0 aliphatic rings. The van der Waals surface area contributed by atoms with Gasteiger partial charge in [-0.2, -0.15) is 5.10 Å². The number of hydrogen-bond acceptors (Lipinski definition) is 3. The van der Waals surface area contributed by atoms with Crippen molar-refractivity contribution in [2.75, 3.05) is 7.11 Å². The lowest BCUT2D eigenvalue weighted by Gasteiger charge is -2.06. The van der Waals surface area contributed by atoms with Crippen LogP contribution in [0.25, 0.3) is 11.3 Å². The molecule has 100 valence electrons. The van der Waals surface area contributed by atoms with Crippen molar-refractivity contribution < 1.29 is 14.6 Å². The van der Waals surface area contributed by atoms with Gasteiger partial charge in [-0.25, -0.2) is 0 Å². The molecule has 19 heavy (non-hydrogen) atoms. The highest BCUT2D eigenvalue weighted by atomic mass is 16.5. The molecule has 1 aromatic heterocycles. The number of carboxylic acids is 1. The van der Waals surface area contributed by atoms with Crippen molar-refractivity contribution in [3.63, 3.8) is 0 Å². The second-order valence-electron chi connectivity index (χ2n) is 4.42. The lowest BCUT2D eigenvalue weighted by Crippen LogP contribution is -2.05. The summed E-state index contributed by atoms with van der Waals surface area (Å²) in [6.45, 7) is 1.99. The second kappa shape index (κ2) is 5.14. The zero-order chi connectivity index (χ0) is 14.0. The van der Waals surface area contributed by atoms with E-state index in [0.717, 1.165) is 22.6 Å². The van der Waals surface area contributed by atoms with Crippen molar-refractivity contribution in [2.45, 2.75) is 13.3 Å². The second-order valence-corrected chi connectivity index (χ2v) is 4.42. The Morgan fingerprint density at radius 2 is 2.16 bits per heavy atom. The minimum atomic E-state index is -0.870. The fraction of sp³-hybridized carbons (Fsp3) is 0.286. The first-order chi connectivity index (χ1) is 9.01. The van der Waals surface area contributed by atoms with Crippen LogP contribution in [0, 0.1) is 6.92 Å². The zero-order valence-electron chi connectivity index (χ0n) is 11.2. The lowest BCUT2D eigenvalue weighted by molar-refractivity contribution is -0.136. The number of ether oxygens (including phenoxy) is 1. The van der Waals surface area contributed by atoms with Gasteiger partial charge in [-0.3, -0.25) is 9.48 Å². The van der Waals surface area contributed by atoms with Crippen LogP contribution >= 0.6 is 0 Å². The Kier molecular flexibility index (Phi) is 3.55. The number of nitrogens with zero attached hydrogens (tertiary/aromatic N) is 2. The van der Waals surface area contributed by atoms with E-state index in [0.29, 0.717) is 5.69 Å². The minimum absolute atomic E-state index is 0.0440. The third-order valence-electron chi connectivity index (χ3n) is 2.94. The van der Waals surface area contributed by atoms with Crippen LogP contribution in [0.3, 0.4) is 0 Å². The van der Waals surface area contributed by atoms with Gasteiger partial charge < -0.3 is 9.84 Å². The van der Waals surface area contributed by atoms with Gasteiger partial charge in [-0.1, -0.05) is 11.6 Å². The van der Waals surface area contributed by atoms with Crippen molar-refractivity contribution in [1.29, 1.82) is 0 Å². The number of carboxylic acid groups (broad SMARTS) is 1. The predicted molar refractivity (Wildman–Crippen MR) is 71.3 cm³/mol. The molecule has 1 heterocycles. The molecule has 1 aromatic carbocycles. The summed E-state index contributed by atoms with van der Waals surface area (Å²) in [5.74, 6) is -0.142. The molecule has 0 bridgehead atoms. The van der Waals surface area contributed by atoms with Gasteiger partial charge in [0.15, 0.2) is 0 Å². The first-order valence-electron chi connectivity index (χ1n) is 5.91. The maximum Gasteiger partial charge on any atom is 0.309 e. The molecule has 2 rings (SSSR count). The molecule has 1 N–H and O–H groups in total. The molecule has 0 spiro atoms. The zero-order valence-corrected chi connectivity index (χ0v) is 11.2. The Morgan fingerprint density at radius 1 is 1.42 bits per heavy atom. The summed E-state index contributed by atoms with van der Waals surface area (Å²) < 4.78 is 6.91. The molecule has 0 saturated carbocycles. The van der Waals surface area contributed by atoms with E-state index in [9.17, 15) is 4.79 Å². The van der Waals surface area contributed by atoms with E-state index in [1.807, 2.05) is 25.1 Å². The first kappa shape index (κ1) is 13.1. The number of carbonyl (C=O) groups is 1. The highest BCUT2D eigenvalue weighted by molar-refractivity contribution is 5.72. The van der Waals surface area contributed by atoms with Crippen LogP contribution in [0.15, 0.2) is 24.3 Å². The lowest BCUT2D eigenvalue weighted by atomic mass is 10.1. The van der Waals surface area contributed by atoms with Gasteiger partial charge in [0.1, 0.15) is 5.75 Å². The minimum Gasteiger partial charge on any atom is -0.496 e. The normalized spacial score (nSPS) is 10.5. The molecule has 0 unspecified atom stereocenters. The van der Waals surface area contributed by atoms with E-state index in [-0.39, 0.29) is 6.42 Å². The quantitative estimate of drug-likeness (QED) is 0.913. The van der Waals surface area contributed by atoms with Crippen LogP contribution in [-0.2, 0) is 18.3 Å². The number of benzene rings is 1. The standard InChI is InChI=1S/C14H16N2O3/c1-9-4-5-13(19-3)11(6-9)12-7-10(8-14(17)18)16(2)15-12/h4-7H,8H2,1-3H3,(H,17,18). The molecule has 5 heteroatoms. The highest BCUT2D eigenvalue weighted by Crippen LogP contribution is 2.30. The van der Waals surface area contributed by atoms with Crippen molar-refractivity contribution in [2.24, 2.45) is 7.05 Å². The Hall–Kier alpha value is -2.30. The molecule has 0 atom stereocenters. The van der Waals surface area contributed by atoms with Gasteiger partial charge in [-0.15, -0.1) is 0 Å². The van der Waals surface area contributed by atoms with E-state index in [2.05, 4.69) is 5.10 Å². The largest absolute Gasteiger partial charge is 0.496 e. The third-order valence-corrected chi connectivity index (χ3v) is 2.94. The summed E-state index contributed by atoms with van der Waals surface area (Å²) in [4.78, 5) is 10.8. The predicted octanol–water partition coefficient (Wildman–Crippen LogP) is 2.03. The fourth-order valence-electron chi connectivity index (χ4n) is 1.98. The number of rotatable bonds is 4. The number of methoxy groups -OCH3 is 1. The van der Waals surface area contributed by atoms with Crippen LogP contribution in [0.4, 0.5) is 0 Å². The number of hydrogen-bond donors (Lipinski definition) is 1.